The van der Waals surface area contributed by atoms with Crippen molar-refractivity contribution in [3.63, 3.8) is 0 Å². The molecule has 0 aliphatic rings. The average molecular weight is 505 g/mol. The van der Waals surface area contributed by atoms with Crippen molar-refractivity contribution in [1.29, 1.82) is 0 Å². The Balaban J connectivity index is 0.00000342. The molecule has 0 unspecified atom stereocenters. The molecular formula is C23H20ClF3N6O2. The van der Waals surface area contributed by atoms with Gasteiger partial charge in [0.15, 0.2) is 5.69 Å². The maximum absolute atomic E-state index is 13.4. The minimum absolute atomic E-state index is 0. The predicted molar refractivity (Wildman–Crippen MR) is 124 cm³/mol. The molecule has 35 heavy (non-hydrogen) atoms. The second-order valence-corrected chi connectivity index (χ2v) is 7.18. The lowest BCUT2D eigenvalue weighted by Crippen LogP contribution is -2.35. The predicted octanol–water partition coefficient (Wildman–Crippen LogP) is 3.66. The standard InChI is InChI=1S/C23H19F3N6O2.ClH/c24-23(25,26)20-19(15-32(30-20)17-5-2-1-3-6-17)22(34)28-13-12-27-21(33)16-7-9-18(10-8-16)31-14-4-11-29-31;/h1-11,14-15H,12-13H2,(H,27,33)(H,28,34);1H. The van der Waals surface area contributed by atoms with Gasteiger partial charge in [0.1, 0.15) is 0 Å². The van der Waals surface area contributed by atoms with Gasteiger partial charge in [-0.2, -0.15) is 23.4 Å². The van der Waals surface area contributed by atoms with Crippen LogP contribution in [0.25, 0.3) is 11.4 Å². The van der Waals surface area contributed by atoms with E-state index < -0.39 is 23.3 Å². The van der Waals surface area contributed by atoms with Crippen LogP contribution < -0.4 is 10.6 Å². The summed E-state index contributed by atoms with van der Waals surface area (Å²) in [6.07, 6.45) is -0.360. The van der Waals surface area contributed by atoms with Crippen molar-refractivity contribution >= 4 is 24.2 Å². The molecule has 2 aromatic heterocycles. The molecule has 0 spiro atoms. The van der Waals surface area contributed by atoms with Crippen molar-refractivity contribution in [2.24, 2.45) is 0 Å². The molecule has 0 bridgehead atoms. The summed E-state index contributed by atoms with van der Waals surface area (Å²) < 4.78 is 42.9. The molecule has 2 N–H and O–H groups in total. The number of rotatable bonds is 7. The Morgan fingerprint density at radius 2 is 1.46 bits per heavy atom. The highest BCUT2D eigenvalue weighted by Gasteiger charge is 2.39. The molecule has 2 heterocycles. The minimum Gasteiger partial charge on any atom is -0.350 e. The number of hydrogen-bond acceptors (Lipinski definition) is 4. The fourth-order valence-electron chi connectivity index (χ4n) is 3.20. The Labute approximate surface area is 204 Å². The van der Waals surface area contributed by atoms with E-state index in [0.717, 1.165) is 16.6 Å². The van der Waals surface area contributed by atoms with Gasteiger partial charge in [-0.05, 0) is 42.5 Å². The maximum Gasteiger partial charge on any atom is 0.435 e. The summed E-state index contributed by atoms with van der Waals surface area (Å²) in [6.45, 7) is -0.0383. The first-order valence-corrected chi connectivity index (χ1v) is 10.2. The van der Waals surface area contributed by atoms with Gasteiger partial charge in [0.25, 0.3) is 11.8 Å². The van der Waals surface area contributed by atoms with Gasteiger partial charge in [-0.25, -0.2) is 9.36 Å². The summed E-state index contributed by atoms with van der Waals surface area (Å²) in [5.41, 5.74) is -0.319. The highest BCUT2D eigenvalue weighted by Crippen LogP contribution is 2.31. The van der Waals surface area contributed by atoms with Gasteiger partial charge in [-0.1, -0.05) is 18.2 Å². The molecule has 12 heteroatoms. The van der Waals surface area contributed by atoms with Crippen LogP contribution in [-0.4, -0.2) is 44.5 Å². The molecule has 0 atom stereocenters. The van der Waals surface area contributed by atoms with Crippen molar-refractivity contribution < 1.29 is 22.8 Å². The summed E-state index contributed by atoms with van der Waals surface area (Å²) in [6, 6.07) is 16.6. The Kier molecular flexibility index (Phi) is 7.92. The Morgan fingerprint density at radius 3 is 2.06 bits per heavy atom. The molecule has 0 saturated heterocycles. The zero-order valence-corrected chi connectivity index (χ0v) is 18.9. The lowest BCUT2D eigenvalue weighted by molar-refractivity contribution is -0.141. The Morgan fingerprint density at radius 1 is 0.829 bits per heavy atom. The summed E-state index contributed by atoms with van der Waals surface area (Å²) in [5, 5.41) is 12.7. The molecule has 2 amide bonds. The molecule has 8 nitrogen and oxygen atoms in total. The van der Waals surface area contributed by atoms with Crippen molar-refractivity contribution in [2.75, 3.05) is 13.1 Å². The summed E-state index contributed by atoms with van der Waals surface area (Å²) >= 11 is 0. The Hall–Kier alpha value is -4.12. The van der Waals surface area contributed by atoms with E-state index in [4.69, 9.17) is 0 Å². The van der Waals surface area contributed by atoms with Crippen molar-refractivity contribution in [3.8, 4) is 11.4 Å². The zero-order valence-electron chi connectivity index (χ0n) is 18.1. The van der Waals surface area contributed by atoms with Crippen LogP contribution in [0.5, 0.6) is 0 Å². The van der Waals surface area contributed by atoms with Crippen molar-refractivity contribution in [2.45, 2.75) is 6.18 Å². The van der Waals surface area contributed by atoms with Gasteiger partial charge in [-0.3, -0.25) is 9.59 Å². The molecule has 182 valence electrons. The van der Waals surface area contributed by atoms with Crippen LogP contribution in [0.2, 0.25) is 0 Å². The molecule has 2 aromatic carbocycles. The minimum atomic E-state index is -4.80. The lowest BCUT2D eigenvalue weighted by Gasteiger charge is -2.09. The molecule has 0 fully saturated rings. The average Bonchev–Trinajstić information content (AvgIpc) is 3.53. The van der Waals surface area contributed by atoms with Crippen LogP contribution >= 0.6 is 12.4 Å². The number of carbonyl (C=O) groups is 2. The molecular weight excluding hydrogens is 485 g/mol. The van der Waals surface area contributed by atoms with Crippen LogP contribution in [0.15, 0.2) is 79.3 Å². The second-order valence-electron chi connectivity index (χ2n) is 7.18. The van der Waals surface area contributed by atoms with Gasteiger partial charge in [0.2, 0.25) is 0 Å². The number of para-hydroxylation sites is 1. The largest absolute Gasteiger partial charge is 0.435 e. The first-order chi connectivity index (χ1) is 16.3. The van der Waals surface area contributed by atoms with Gasteiger partial charge < -0.3 is 10.6 Å². The van der Waals surface area contributed by atoms with E-state index in [1.165, 1.54) is 0 Å². The molecule has 0 saturated carbocycles. The summed E-state index contributed by atoms with van der Waals surface area (Å²) in [5.74, 6) is -1.32. The van der Waals surface area contributed by atoms with Crippen LogP contribution in [0.4, 0.5) is 13.2 Å². The van der Waals surface area contributed by atoms with E-state index in [-0.39, 0.29) is 31.4 Å². The van der Waals surface area contributed by atoms with E-state index in [0.29, 0.717) is 11.3 Å². The number of benzene rings is 2. The van der Waals surface area contributed by atoms with Gasteiger partial charge in [-0.15, -0.1) is 12.4 Å². The smallest absolute Gasteiger partial charge is 0.350 e. The lowest BCUT2D eigenvalue weighted by atomic mass is 10.2. The van der Waals surface area contributed by atoms with E-state index in [1.54, 1.807) is 77.7 Å². The van der Waals surface area contributed by atoms with Crippen LogP contribution in [0.3, 0.4) is 0 Å². The van der Waals surface area contributed by atoms with E-state index in [9.17, 15) is 22.8 Å². The number of halogens is 4. The van der Waals surface area contributed by atoms with Crippen LogP contribution in [-0.2, 0) is 6.18 Å². The molecule has 0 aliphatic carbocycles. The number of carbonyl (C=O) groups excluding carboxylic acids is 2. The summed E-state index contributed by atoms with van der Waals surface area (Å²) in [7, 11) is 0. The highest BCUT2D eigenvalue weighted by molar-refractivity contribution is 5.96. The third kappa shape index (κ3) is 6.07. The highest BCUT2D eigenvalue weighted by atomic mass is 35.5. The van der Waals surface area contributed by atoms with Gasteiger partial charge in [0.05, 0.1) is 16.9 Å². The quantitative estimate of drug-likeness (QED) is 0.376. The number of nitrogens with zero attached hydrogens (tertiary/aromatic N) is 4. The van der Waals surface area contributed by atoms with Crippen molar-refractivity contribution in [3.05, 3.63) is 96.1 Å². The van der Waals surface area contributed by atoms with Crippen LogP contribution in [0, 0.1) is 0 Å². The van der Waals surface area contributed by atoms with E-state index in [1.807, 2.05) is 0 Å². The van der Waals surface area contributed by atoms with Gasteiger partial charge in [0, 0.05) is 37.2 Å². The Bertz CT molecular complexity index is 1270. The number of nitrogens with one attached hydrogen (secondary N) is 2. The number of alkyl halides is 3. The topological polar surface area (TPSA) is 93.8 Å². The van der Waals surface area contributed by atoms with Crippen LogP contribution in [0.1, 0.15) is 26.4 Å². The van der Waals surface area contributed by atoms with Crippen molar-refractivity contribution in [1.82, 2.24) is 30.2 Å². The first-order valence-electron chi connectivity index (χ1n) is 10.2. The molecule has 4 aromatic rings. The third-order valence-electron chi connectivity index (χ3n) is 4.84. The second kappa shape index (κ2) is 10.9. The first kappa shape index (κ1) is 25.5. The third-order valence-corrected chi connectivity index (χ3v) is 4.84. The van der Waals surface area contributed by atoms with E-state index in [2.05, 4.69) is 20.8 Å². The summed E-state index contributed by atoms with van der Waals surface area (Å²) in [4.78, 5) is 24.7. The molecule has 0 aliphatic heterocycles. The molecule has 4 rings (SSSR count). The van der Waals surface area contributed by atoms with E-state index >= 15 is 0 Å². The maximum atomic E-state index is 13.4. The van der Waals surface area contributed by atoms with Gasteiger partial charge >= 0.3 is 6.18 Å². The SMILES string of the molecule is Cl.O=C(NCCNC(=O)c1cn(-c2ccccc2)nc1C(F)(F)F)c1ccc(-n2cccn2)cc1. The fraction of sp³-hybridized carbons (Fsp3) is 0.130. The normalized spacial score (nSPS) is 10.9. The number of aromatic nitrogens is 4. The monoisotopic (exact) mass is 504 g/mol. The zero-order chi connectivity index (χ0) is 24.1. The fourth-order valence-corrected chi connectivity index (χ4v) is 3.20. The molecule has 0 radical (unpaired) electrons. The number of amides is 2. The number of hydrogen-bond donors (Lipinski definition) is 2.